The fourth-order valence-electron chi connectivity index (χ4n) is 5.76. The van der Waals surface area contributed by atoms with E-state index in [2.05, 4.69) is 28.4 Å². The number of aromatic nitrogens is 3. The first-order chi connectivity index (χ1) is 20.3. The molecule has 0 aliphatic carbocycles. The third-order valence-corrected chi connectivity index (χ3v) is 8.95. The Balaban J connectivity index is 1.42. The standard InChI is InChI=1S/C30H29F2N7O2S/c1-18(31)29(40)39-12-11-38(16-21(39)15-33-2)28-23-14-24(32)25(22-8-4-6-19-9-13-42-26(19)22)34-27(23)35-30(36-28)41-17-20-7-5-10-37(20)3/h4,6,8-9,13-14,20-21H,1,5,7,10-12,15-17H2,3H3/t20-,21-/m0/s1. The minimum atomic E-state index is -1.07. The Labute approximate surface area is 245 Å². The molecule has 3 aromatic heterocycles. The lowest BCUT2D eigenvalue weighted by Crippen LogP contribution is -2.56. The highest BCUT2D eigenvalue weighted by Gasteiger charge is 2.35. The number of pyridine rings is 1. The van der Waals surface area contributed by atoms with Gasteiger partial charge in [0.1, 0.15) is 30.0 Å². The summed E-state index contributed by atoms with van der Waals surface area (Å²) >= 11 is 1.52. The summed E-state index contributed by atoms with van der Waals surface area (Å²) in [5.41, 5.74) is 1.13. The molecule has 0 radical (unpaired) electrons. The minimum Gasteiger partial charge on any atom is -0.462 e. The van der Waals surface area contributed by atoms with Crippen molar-refractivity contribution in [3.63, 3.8) is 0 Å². The summed E-state index contributed by atoms with van der Waals surface area (Å²) in [7, 11) is 2.06. The number of piperazine rings is 1. The molecule has 0 spiro atoms. The molecular formula is C30H29F2N7O2S. The van der Waals surface area contributed by atoms with Gasteiger partial charge < -0.3 is 24.3 Å². The number of amides is 1. The van der Waals surface area contributed by atoms with Crippen molar-refractivity contribution in [2.75, 3.05) is 51.3 Å². The van der Waals surface area contributed by atoms with Gasteiger partial charge in [-0.15, -0.1) is 11.3 Å². The predicted molar refractivity (Wildman–Crippen MR) is 159 cm³/mol. The second kappa shape index (κ2) is 11.6. The van der Waals surface area contributed by atoms with Gasteiger partial charge in [-0.1, -0.05) is 24.8 Å². The van der Waals surface area contributed by atoms with E-state index in [1.54, 1.807) is 0 Å². The summed E-state index contributed by atoms with van der Waals surface area (Å²) in [6.45, 7) is 12.5. The van der Waals surface area contributed by atoms with Gasteiger partial charge in [0.05, 0.1) is 5.39 Å². The van der Waals surface area contributed by atoms with Gasteiger partial charge in [-0.3, -0.25) is 4.79 Å². The molecule has 42 heavy (non-hydrogen) atoms. The molecule has 0 saturated carbocycles. The molecule has 1 aromatic carbocycles. The second-order valence-corrected chi connectivity index (χ2v) is 11.5. The number of likely N-dealkylation sites (N-methyl/N-ethyl adjacent to an activating group) is 1. The maximum atomic E-state index is 15.8. The highest BCUT2D eigenvalue weighted by molar-refractivity contribution is 7.17. The Morgan fingerprint density at radius 1 is 1.21 bits per heavy atom. The van der Waals surface area contributed by atoms with E-state index in [0.717, 1.165) is 29.5 Å². The smallest absolute Gasteiger partial charge is 0.320 e. The quantitative estimate of drug-likeness (QED) is 0.223. The van der Waals surface area contributed by atoms with Gasteiger partial charge in [0, 0.05) is 35.9 Å². The van der Waals surface area contributed by atoms with Crippen molar-refractivity contribution in [1.82, 2.24) is 24.8 Å². The highest BCUT2D eigenvalue weighted by Crippen LogP contribution is 2.36. The SMILES string of the molecule is [C-]#[N+]C[C@H]1CN(c2nc(OC[C@@H]3CCCN3C)nc3nc(-c4cccc5ccsc45)c(F)cc23)CCN1C(=O)C(=C)F. The number of nitrogens with zero attached hydrogens (tertiary/aromatic N) is 7. The van der Waals surface area contributed by atoms with Crippen molar-refractivity contribution < 1.29 is 18.3 Å². The number of rotatable bonds is 7. The lowest BCUT2D eigenvalue weighted by Gasteiger charge is -2.39. The molecule has 9 nitrogen and oxygen atoms in total. The van der Waals surface area contributed by atoms with Crippen LogP contribution in [0.25, 0.3) is 37.2 Å². The third kappa shape index (κ3) is 5.26. The number of halogens is 2. The number of carbonyl (C=O) groups is 1. The first kappa shape index (κ1) is 27.9. The van der Waals surface area contributed by atoms with Crippen LogP contribution in [0.15, 0.2) is 48.1 Å². The van der Waals surface area contributed by atoms with E-state index in [1.807, 2.05) is 34.5 Å². The number of benzene rings is 1. The normalized spacial score (nSPS) is 19.4. The van der Waals surface area contributed by atoms with E-state index in [1.165, 1.54) is 22.3 Å². The maximum absolute atomic E-state index is 15.8. The zero-order valence-electron chi connectivity index (χ0n) is 23.1. The van der Waals surface area contributed by atoms with Crippen LogP contribution in [0.4, 0.5) is 14.6 Å². The molecule has 2 aliphatic rings. The maximum Gasteiger partial charge on any atom is 0.320 e. The Hall–Kier alpha value is -4.21. The monoisotopic (exact) mass is 589 g/mol. The molecule has 2 fully saturated rings. The van der Waals surface area contributed by atoms with Gasteiger partial charge in [0.25, 0.3) is 5.91 Å². The number of hydrogen-bond donors (Lipinski definition) is 0. The summed E-state index contributed by atoms with van der Waals surface area (Å²) < 4.78 is 36.6. The molecule has 4 aromatic rings. The topological polar surface area (TPSA) is 79.1 Å². The Morgan fingerprint density at radius 3 is 2.83 bits per heavy atom. The van der Waals surface area contributed by atoms with Crippen LogP contribution in [0.2, 0.25) is 0 Å². The molecule has 2 aliphatic heterocycles. The molecule has 0 unspecified atom stereocenters. The third-order valence-electron chi connectivity index (χ3n) is 7.99. The van der Waals surface area contributed by atoms with E-state index in [4.69, 9.17) is 21.3 Å². The molecule has 5 heterocycles. The highest BCUT2D eigenvalue weighted by atomic mass is 32.1. The molecule has 2 saturated heterocycles. The average Bonchev–Trinajstić information content (AvgIpc) is 3.64. The van der Waals surface area contributed by atoms with Crippen molar-refractivity contribution in [3.05, 3.63) is 65.4 Å². The number of anilines is 1. The second-order valence-electron chi connectivity index (χ2n) is 10.6. The number of thiophene rings is 1. The number of ether oxygens (including phenoxy) is 1. The van der Waals surface area contributed by atoms with Crippen LogP contribution in [0.5, 0.6) is 6.01 Å². The van der Waals surface area contributed by atoms with E-state index < -0.39 is 23.6 Å². The molecule has 2 atom stereocenters. The van der Waals surface area contributed by atoms with Crippen LogP contribution < -0.4 is 9.64 Å². The van der Waals surface area contributed by atoms with E-state index in [-0.39, 0.29) is 49.6 Å². The summed E-state index contributed by atoms with van der Waals surface area (Å²) in [5.74, 6) is -2.03. The molecule has 216 valence electrons. The summed E-state index contributed by atoms with van der Waals surface area (Å²) in [6.07, 6.45) is 2.09. The Kier molecular flexibility index (Phi) is 7.70. The van der Waals surface area contributed by atoms with Gasteiger partial charge in [0.2, 0.25) is 6.54 Å². The van der Waals surface area contributed by atoms with Crippen LogP contribution in [-0.4, -0.2) is 89.1 Å². The lowest BCUT2D eigenvalue weighted by atomic mass is 10.1. The number of fused-ring (bicyclic) bond motifs is 2. The van der Waals surface area contributed by atoms with Crippen molar-refractivity contribution >= 4 is 44.2 Å². The largest absolute Gasteiger partial charge is 0.462 e. The molecule has 0 bridgehead atoms. The van der Waals surface area contributed by atoms with Gasteiger partial charge in [0.15, 0.2) is 11.5 Å². The van der Waals surface area contributed by atoms with E-state index in [9.17, 15) is 9.18 Å². The van der Waals surface area contributed by atoms with Crippen molar-refractivity contribution in [3.8, 4) is 17.3 Å². The molecule has 1 amide bonds. The number of hydrogen-bond acceptors (Lipinski definition) is 8. The van der Waals surface area contributed by atoms with Crippen LogP contribution in [-0.2, 0) is 4.79 Å². The number of likely N-dealkylation sites (tertiary alicyclic amines) is 1. The Morgan fingerprint density at radius 2 is 2.07 bits per heavy atom. The zero-order chi connectivity index (χ0) is 29.4. The minimum absolute atomic E-state index is 0.0303. The lowest BCUT2D eigenvalue weighted by molar-refractivity contribution is -0.131. The van der Waals surface area contributed by atoms with Gasteiger partial charge in [-0.05, 0) is 49.3 Å². The van der Waals surface area contributed by atoms with Crippen molar-refractivity contribution in [2.24, 2.45) is 0 Å². The van der Waals surface area contributed by atoms with Gasteiger partial charge in [-0.25, -0.2) is 20.3 Å². The van der Waals surface area contributed by atoms with Crippen LogP contribution >= 0.6 is 11.3 Å². The molecule has 12 heteroatoms. The summed E-state index contributed by atoms with van der Waals surface area (Å²) in [4.78, 5) is 35.3. The fraction of sp³-hybridized carbons (Fsp3) is 0.367. The first-order valence-corrected chi connectivity index (χ1v) is 14.6. The predicted octanol–water partition coefficient (Wildman–Crippen LogP) is 4.94. The molecule has 0 N–H and O–H groups in total. The van der Waals surface area contributed by atoms with Crippen LogP contribution in [0, 0.1) is 12.4 Å². The van der Waals surface area contributed by atoms with Crippen LogP contribution in [0.3, 0.4) is 0 Å². The van der Waals surface area contributed by atoms with Gasteiger partial charge in [-0.2, -0.15) is 9.97 Å². The van der Waals surface area contributed by atoms with Crippen molar-refractivity contribution in [2.45, 2.75) is 24.9 Å². The number of carbonyl (C=O) groups excluding carboxylic acids is 1. The van der Waals surface area contributed by atoms with E-state index in [0.29, 0.717) is 23.4 Å². The summed E-state index contributed by atoms with van der Waals surface area (Å²) in [6, 6.07) is 8.81. The summed E-state index contributed by atoms with van der Waals surface area (Å²) in [5, 5.41) is 3.35. The molecule has 6 rings (SSSR count). The van der Waals surface area contributed by atoms with Gasteiger partial charge >= 0.3 is 6.01 Å². The fourth-order valence-corrected chi connectivity index (χ4v) is 6.68. The van der Waals surface area contributed by atoms with E-state index >= 15 is 4.39 Å². The average molecular weight is 590 g/mol. The van der Waals surface area contributed by atoms with Crippen LogP contribution in [0.1, 0.15) is 12.8 Å². The Bertz CT molecular complexity index is 1720. The first-order valence-electron chi connectivity index (χ1n) is 13.8. The molecular weight excluding hydrogens is 560 g/mol. The van der Waals surface area contributed by atoms with Crippen molar-refractivity contribution in [1.29, 1.82) is 0 Å². The zero-order valence-corrected chi connectivity index (χ0v) is 23.9.